The van der Waals surface area contributed by atoms with E-state index in [9.17, 15) is 9.18 Å². The number of nitrogens with zero attached hydrogens (tertiary/aromatic N) is 2. The summed E-state index contributed by atoms with van der Waals surface area (Å²) in [6.45, 7) is 0. The SMILES string of the molecule is CN(C)C(=N)c1ccc([N-]c2ccc(Cl)cc2C(=O)Nc2ccc(Cl)cc2)c(F)c1.[K+]. The van der Waals surface area contributed by atoms with Crippen LogP contribution in [0.25, 0.3) is 5.32 Å². The molecule has 0 fully saturated rings. The summed E-state index contributed by atoms with van der Waals surface area (Å²) in [5.74, 6) is -0.863. The molecule has 3 rings (SSSR count). The number of carbonyl (C=O) groups is 1. The van der Waals surface area contributed by atoms with Gasteiger partial charge in [-0.1, -0.05) is 47.1 Å². The van der Waals surface area contributed by atoms with E-state index in [2.05, 4.69) is 10.6 Å². The summed E-state index contributed by atoms with van der Waals surface area (Å²) >= 11 is 11.9. The van der Waals surface area contributed by atoms with Gasteiger partial charge in [-0.2, -0.15) is 0 Å². The van der Waals surface area contributed by atoms with Crippen LogP contribution < -0.4 is 56.7 Å². The van der Waals surface area contributed by atoms with Crippen molar-refractivity contribution >= 4 is 52.0 Å². The van der Waals surface area contributed by atoms with Crippen LogP contribution in [0.1, 0.15) is 15.9 Å². The molecule has 0 aliphatic rings. The molecule has 154 valence electrons. The fourth-order valence-electron chi connectivity index (χ4n) is 2.65. The van der Waals surface area contributed by atoms with E-state index in [1.807, 2.05) is 0 Å². The Hall–Kier alpha value is -1.45. The number of amides is 1. The van der Waals surface area contributed by atoms with E-state index in [1.165, 1.54) is 18.2 Å². The van der Waals surface area contributed by atoms with Crippen LogP contribution in [0.5, 0.6) is 0 Å². The van der Waals surface area contributed by atoms with Crippen molar-refractivity contribution in [3.05, 3.63) is 93.0 Å². The third-order valence-corrected chi connectivity index (χ3v) is 4.70. The van der Waals surface area contributed by atoms with Crippen LogP contribution in [0.15, 0.2) is 60.7 Å². The van der Waals surface area contributed by atoms with Crippen molar-refractivity contribution in [2.24, 2.45) is 0 Å². The first kappa shape index (κ1) is 25.8. The van der Waals surface area contributed by atoms with Crippen LogP contribution in [0.3, 0.4) is 0 Å². The molecule has 1 amide bonds. The predicted octanol–water partition coefficient (Wildman–Crippen LogP) is 3.61. The number of halogens is 3. The molecular formula is C22H18Cl2FKN4O. The molecule has 0 atom stereocenters. The maximum atomic E-state index is 14.6. The molecule has 0 saturated carbocycles. The Morgan fingerprint density at radius 1 is 0.968 bits per heavy atom. The molecule has 3 aromatic carbocycles. The van der Waals surface area contributed by atoms with Crippen LogP contribution in [-0.2, 0) is 0 Å². The van der Waals surface area contributed by atoms with Gasteiger partial charge in [0.05, 0.1) is 0 Å². The van der Waals surface area contributed by atoms with Gasteiger partial charge < -0.3 is 15.5 Å². The van der Waals surface area contributed by atoms with Gasteiger partial charge in [0.15, 0.2) is 0 Å². The number of amidine groups is 1. The van der Waals surface area contributed by atoms with Crippen molar-refractivity contribution < 1.29 is 60.6 Å². The van der Waals surface area contributed by atoms with Crippen LogP contribution >= 0.6 is 23.2 Å². The Bertz CT molecular complexity index is 1110. The van der Waals surface area contributed by atoms with E-state index in [1.54, 1.807) is 61.5 Å². The fourth-order valence-corrected chi connectivity index (χ4v) is 2.95. The summed E-state index contributed by atoms with van der Waals surface area (Å²) in [4.78, 5) is 14.3. The zero-order valence-electron chi connectivity index (χ0n) is 17.2. The second-order valence-corrected chi connectivity index (χ2v) is 7.52. The minimum absolute atomic E-state index is 0. The number of carbonyl (C=O) groups excluding carboxylic acids is 1. The van der Waals surface area contributed by atoms with Crippen LogP contribution in [0.4, 0.5) is 21.5 Å². The molecular weight excluding hydrogens is 465 g/mol. The average Bonchev–Trinajstić information content (AvgIpc) is 2.71. The maximum absolute atomic E-state index is 14.6. The fraction of sp³-hybridized carbons (Fsp3) is 0.0909. The van der Waals surface area contributed by atoms with E-state index in [4.69, 9.17) is 28.6 Å². The molecule has 0 aromatic heterocycles. The van der Waals surface area contributed by atoms with Crippen molar-refractivity contribution in [1.82, 2.24) is 4.90 Å². The van der Waals surface area contributed by atoms with Gasteiger partial charge in [-0.15, -0.1) is 5.69 Å². The van der Waals surface area contributed by atoms with Crippen molar-refractivity contribution in [3.63, 3.8) is 0 Å². The molecule has 3 aromatic rings. The number of anilines is 1. The van der Waals surface area contributed by atoms with Gasteiger partial charge in [0.2, 0.25) is 0 Å². The Morgan fingerprint density at radius 2 is 1.58 bits per heavy atom. The Balaban J connectivity index is 0.00000341. The van der Waals surface area contributed by atoms with Crippen molar-refractivity contribution in [2.45, 2.75) is 0 Å². The Kier molecular flexibility index (Phi) is 9.51. The van der Waals surface area contributed by atoms with Crippen LogP contribution in [0, 0.1) is 11.2 Å². The number of hydrogen-bond donors (Lipinski definition) is 2. The quantitative estimate of drug-likeness (QED) is 0.331. The van der Waals surface area contributed by atoms with E-state index in [-0.39, 0.29) is 74.2 Å². The molecule has 0 aliphatic carbocycles. The van der Waals surface area contributed by atoms with Gasteiger partial charge in [-0.05, 0) is 42.5 Å². The molecule has 0 bridgehead atoms. The summed E-state index contributed by atoms with van der Waals surface area (Å²) in [5.41, 5.74) is 1.48. The minimum atomic E-state index is -0.599. The van der Waals surface area contributed by atoms with Gasteiger partial charge in [-0.25, -0.2) is 4.39 Å². The van der Waals surface area contributed by atoms with Crippen LogP contribution in [0.2, 0.25) is 10.0 Å². The maximum Gasteiger partial charge on any atom is 1.00 e. The number of rotatable bonds is 5. The molecule has 0 saturated heterocycles. The monoisotopic (exact) mass is 482 g/mol. The summed E-state index contributed by atoms with van der Waals surface area (Å²) in [7, 11) is 3.41. The Labute approximate surface area is 232 Å². The summed E-state index contributed by atoms with van der Waals surface area (Å²) in [6.07, 6.45) is 0. The summed E-state index contributed by atoms with van der Waals surface area (Å²) in [5, 5.41) is 15.9. The molecule has 9 heteroatoms. The zero-order chi connectivity index (χ0) is 21.8. The average molecular weight is 483 g/mol. The molecule has 2 N–H and O–H groups in total. The van der Waals surface area contributed by atoms with E-state index in [0.29, 0.717) is 21.3 Å². The van der Waals surface area contributed by atoms with E-state index < -0.39 is 11.7 Å². The molecule has 0 unspecified atom stereocenters. The van der Waals surface area contributed by atoms with Gasteiger partial charge >= 0.3 is 51.4 Å². The zero-order valence-corrected chi connectivity index (χ0v) is 21.8. The summed E-state index contributed by atoms with van der Waals surface area (Å²) in [6, 6.07) is 15.6. The molecule has 0 heterocycles. The first-order valence-electron chi connectivity index (χ1n) is 8.88. The van der Waals surface area contributed by atoms with Gasteiger partial charge in [0.1, 0.15) is 11.7 Å². The van der Waals surface area contributed by atoms with E-state index in [0.717, 1.165) is 0 Å². The van der Waals surface area contributed by atoms with E-state index >= 15 is 0 Å². The van der Waals surface area contributed by atoms with Crippen LogP contribution in [-0.4, -0.2) is 30.7 Å². The van der Waals surface area contributed by atoms with Gasteiger partial charge in [0, 0.05) is 41.0 Å². The number of nitrogens with one attached hydrogen (secondary N) is 2. The molecule has 0 radical (unpaired) electrons. The first-order valence-corrected chi connectivity index (χ1v) is 9.64. The molecule has 31 heavy (non-hydrogen) atoms. The van der Waals surface area contributed by atoms with Crippen molar-refractivity contribution in [2.75, 3.05) is 19.4 Å². The molecule has 5 nitrogen and oxygen atoms in total. The number of hydrogen-bond acceptors (Lipinski definition) is 2. The minimum Gasteiger partial charge on any atom is -0.655 e. The second kappa shape index (κ2) is 11.4. The summed E-state index contributed by atoms with van der Waals surface area (Å²) < 4.78 is 14.6. The first-order chi connectivity index (χ1) is 14.2. The largest absolute Gasteiger partial charge is 1.00 e. The van der Waals surface area contributed by atoms with Crippen molar-refractivity contribution in [3.8, 4) is 0 Å². The third kappa shape index (κ3) is 6.76. The second-order valence-electron chi connectivity index (χ2n) is 6.64. The topological polar surface area (TPSA) is 70.3 Å². The predicted molar refractivity (Wildman–Crippen MR) is 120 cm³/mol. The normalized spacial score (nSPS) is 10.1. The molecule has 0 aliphatic heterocycles. The smallest absolute Gasteiger partial charge is 0.655 e. The number of benzene rings is 3. The Morgan fingerprint density at radius 3 is 2.19 bits per heavy atom. The third-order valence-electron chi connectivity index (χ3n) is 4.21. The van der Waals surface area contributed by atoms with Gasteiger partial charge in [0.25, 0.3) is 5.91 Å². The molecule has 0 spiro atoms. The standard InChI is InChI=1S/C22H19Cl2FN4O.K/c1-29(2)21(26)13-3-9-20(18(25)11-13)28-19-10-6-15(24)12-17(19)22(30)27-16-7-4-14(23)5-8-16;/h3-12H,1-2H3,(H3,26,27,28,30);/q;+1/p-1. The van der Waals surface area contributed by atoms with Gasteiger partial charge in [-0.3, -0.25) is 10.2 Å². The van der Waals surface area contributed by atoms with Crippen molar-refractivity contribution in [1.29, 1.82) is 5.41 Å².